The summed E-state index contributed by atoms with van der Waals surface area (Å²) in [6.45, 7) is 1.53. The van der Waals surface area contributed by atoms with Gasteiger partial charge in [0.1, 0.15) is 11.6 Å². The second kappa shape index (κ2) is 9.97. The fourth-order valence-corrected chi connectivity index (χ4v) is 3.32. The first-order valence-corrected chi connectivity index (χ1v) is 9.71. The topological polar surface area (TPSA) is 103 Å². The summed E-state index contributed by atoms with van der Waals surface area (Å²) in [7, 11) is 0. The van der Waals surface area contributed by atoms with E-state index in [0.717, 1.165) is 30.9 Å². The van der Waals surface area contributed by atoms with Gasteiger partial charge in [-0.15, -0.1) is 0 Å². The molecule has 8 heteroatoms. The number of carboxylic acids is 1. The van der Waals surface area contributed by atoms with Gasteiger partial charge in [-0.1, -0.05) is 18.2 Å². The van der Waals surface area contributed by atoms with Gasteiger partial charge in [-0.25, -0.2) is 9.37 Å². The molecule has 0 bridgehead atoms. The first-order chi connectivity index (χ1) is 14.0. The average Bonchev–Trinajstić information content (AvgIpc) is 2.70. The van der Waals surface area contributed by atoms with Crippen molar-refractivity contribution in [3.8, 4) is 0 Å². The highest BCUT2D eigenvalue weighted by molar-refractivity contribution is 5.79. The number of benzene rings is 1. The summed E-state index contributed by atoms with van der Waals surface area (Å²) in [4.78, 5) is 27.9. The lowest BCUT2D eigenvalue weighted by molar-refractivity contribution is -0.137. The summed E-state index contributed by atoms with van der Waals surface area (Å²) in [6, 6.07) is 8.90. The molecule has 1 aromatic carbocycles. The standard InChI is InChI=1S/C21H25FN4O3/c22-16-5-1-3-15(11-16)18(12-20(28)29)26-19(27)13-23-10-8-17-7-6-14-4-2-9-24-21(14)25-17/h1,3,5-7,11,18,23H,2,4,8-10,12-13H2,(H,24,25)(H,26,27)(H,28,29)/t18-/m0/s1. The second-order valence-corrected chi connectivity index (χ2v) is 7.04. The average molecular weight is 400 g/mol. The zero-order chi connectivity index (χ0) is 20.6. The fourth-order valence-electron chi connectivity index (χ4n) is 3.32. The van der Waals surface area contributed by atoms with Crippen LogP contribution < -0.4 is 16.0 Å². The number of nitrogens with zero attached hydrogens (tertiary/aromatic N) is 1. The van der Waals surface area contributed by atoms with Crippen LogP contribution in [0.15, 0.2) is 36.4 Å². The van der Waals surface area contributed by atoms with Gasteiger partial charge in [-0.05, 0) is 42.2 Å². The van der Waals surface area contributed by atoms with Crippen molar-refractivity contribution in [3.63, 3.8) is 0 Å². The van der Waals surface area contributed by atoms with Crippen LogP contribution in [0.1, 0.15) is 35.7 Å². The number of hydrogen-bond acceptors (Lipinski definition) is 5. The number of fused-ring (bicyclic) bond motifs is 1. The Hall–Kier alpha value is -3.00. The van der Waals surface area contributed by atoms with Gasteiger partial charge in [0.25, 0.3) is 0 Å². The van der Waals surface area contributed by atoms with Gasteiger partial charge in [0.15, 0.2) is 0 Å². The predicted octanol–water partition coefficient (Wildman–Crippen LogP) is 2.04. The van der Waals surface area contributed by atoms with E-state index in [1.807, 2.05) is 6.07 Å². The van der Waals surface area contributed by atoms with E-state index in [2.05, 4.69) is 27.0 Å². The number of carboxylic acid groups (broad SMARTS) is 1. The zero-order valence-electron chi connectivity index (χ0n) is 16.1. The Kier molecular flexibility index (Phi) is 7.13. The SMILES string of the molecule is O=C(O)C[C@H](NC(=O)CNCCc1ccc2c(n1)NCCC2)c1cccc(F)c1. The number of aryl methyl sites for hydroxylation is 1. The second-order valence-electron chi connectivity index (χ2n) is 7.04. The van der Waals surface area contributed by atoms with Crippen molar-refractivity contribution in [2.24, 2.45) is 0 Å². The van der Waals surface area contributed by atoms with Crippen LogP contribution in [0.25, 0.3) is 0 Å². The Labute approximate surface area is 168 Å². The summed E-state index contributed by atoms with van der Waals surface area (Å²) in [6.07, 6.45) is 2.51. The third-order valence-corrected chi connectivity index (χ3v) is 4.76. The zero-order valence-corrected chi connectivity index (χ0v) is 16.1. The van der Waals surface area contributed by atoms with E-state index in [0.29, 0.717) is 18.5 Å². The Bertz CT molecular complexity index is 875. The third kappa shape index (κ3) is 6.25. The molecular formula is C21H25FN4O3. The normalized spacial score (nSPS) is 13.8. The third-order valence-electron chi connectivity index (χ3n) is 4.76. The van der Waals surface area contributed by atoms with Crippen LogP contribution in [0, 0.1) is 5.82 Å². The Balaban J connectivity index is 1.47. The molecule has 1 aliphatic rings. The molecule has 2 aromatic rings. The van der Waals surface area contributed by atoms with Gasteiger partial charge < -0.3 is 21.1 Å². The van der Waals surface area contributed by atoms with Crippen LogP contribution in [0.4, 0.5) is 10.2 Å². The van der Waals surface area contributed by atoms with Crippen LogP contribution in [0.3, 0.4) is 0 Å². The van der Waals surface area contributed by atoms with Crippen molar-refractivity contribution in [2.75, 3.05) is 25.0 Å². The lowest BCUT2D eigenvalue weighted by Crippen LogP contribution is -2.37. The van der Waals surface area contributed by atoms with Crippen molar-refractivity contribution < 1.29 is 19.1 Å². The van der Waals surface area contributed by atoms with E-state index >= 15 is 0 Å². The molecule has 1 aromatic heterocycles. The minimum Gasteiger partial charge on any atom is -0.481 e. The molecule has 2 heterocycles. The number of hydrogen-bond donors (Lipinski definition) is 4. The van der Waals surface area contributed by atoms with Crippen molar-refractivity contribution in [2.45, 2.75) is 31.7 Å². The maximum absolute atomic E-state index is 13.4. The number of pyridine rings is 1. The van der Waals surface area contributed by atoms with Gasteiger partial charge in [0.2, 0.25) is 5.91 Å². The van der Waals surface area contributed by atoms with Gasteiger partial charge >= 0.3 is 5.97 Å². The van der Waals surface area contributed by atoms with E-state index < -0.39 is 17.8 Å². The van der Waals surface area contributed by atoms with Gasteiger partial charge in [-0.3, -0.25) is 9.59 Å². The molecular weight excluding hydrogens is 375 g/mol. The number of carbonyl (C=O) groups is 2. The molecule has 1 aliphatic heterocycles. The van der Waals surface area contributed by atoms with Crippen LogP contribution >= 0.6 is 0 Å². The molecule has 0 saturated carbocycles. The number of aromatic nitrogens is 1. The summed E-state index contributed by atoms with van der Waals surface area (Å²) in [5.74, 6) is -0.949. The number of carbonyl (C=O) groups excluding carboxylic acids is 1. The molecule has 29 heavy (non-hydrogen) atoms. The lowest BCUT2D eigenvalue weighted by Gasteiger charge is -2.18. The lowest BCUT2D eigenvalue weighted by atomic mass is 10.0. The van der Waals surface area contributed by atoms with Gasteiger partial charge in [0, 0.05) is 25.2 Å². The van der Waals surface area contributed by atoms with Crippen LogP contribution in [-0.2, 0) is 22.4 Å². The smallest absolute Gasteiger partial charge is 0.305 e. The summed E-state index contributed by atoms with van der Waals surface area (Å²) in [5, 5.41) is 18.1. The van der Waals surface area contributed by atoms with Crippen molar-refractivity contribution in [1.29, 1.82) is 0 Å². The van der Waals surface area contributed by atoms with E-state index in [-0.39, 0.29) is 18.9 Å². The van der Waals surface area contributed by atoms with E-state index in [1.165, 1.54) is 23.8 Å². The molecule has 0 spiro atoms. The highest BCUT2D eigenvalue weighted by Crippen LogP contribution is 2.20. The maximum Gasteiger partial charge on any atom is 0.305 e. The summed E-state index contributed by atoms with van der Waals surface area (Å²) in [5.41, 5.74) is 2.59. The Morgan fingerprint density at radius 1 is 1.28 bits per heavy atom. The molecule has 0 saturated heterocycles. The summed E-state index contributed by atoms with van der Waals surface area (Å²) >= 11 is 0. The first kappa shape index (κ1) is 20.7. The fraction of sp³-hybridized carbons (Fsp3) is 0.381. The van der Waals surface area contributed by atoms with Crippen molar-refractivity contribution >= 4 is 17.7 Å². The van der Waals surface area contributed by atoms with E-state index in [1.54, 1.807) is 6.07 Å². The van der Waals surface area contributed by atoms with Crippen LogP contribution in [-0.4, -0.2) is 41.6 Å². The summed E-state index contributed by atoms with van der Waals surface area (Å²) < 4.78 is 13.4. The van der Waals surface area contributed by atoms with Crippen LogP contribution in [0.5, 0.6) is 0 Å². The molecule has 0 radical (unpaired) electrons. The highest BCUT2D eigenvalue weighted by Gasteiger charge is 2.18. The molecule has 0 aliphatic carbocycles. The number of aliphatic carboxylic acids is 1. The monoisotopic (exact) mass is 400 g/mol. The molecule has 0 fully saturated rings. The predicted molar refractivity (Wildman–Crippen MR) is 107 cm³/mol. The van der Waals surface area contributed by atoms with E-state index in [4.69, 9.17) is 5.11 Å². The van der Waals surface area contributed by atoms with Crippen molar-refractivity contribution in [1.82, 2.24) is 15.6 Å². The molecule has 3 rings (SSSR count). The molecule has 154 valence electrons. The van der Waals surface area contributed by atoms with E-state index in [9.17, 15) is 14.0 Å². The quantitative estimate of drug-likeness (QED) is 0.481. The number of halogens is 1. The van der Waals surface area contributed by atoms with Gasteiger partial charge in [0.05, 0.1) is 19.0 Å². The number of nitrogens with one attached hydrogen (secondary N) is 3. The molecule has 4 N–H and O–H groups in total. The minimum absolute atomic E-state index is 0.0363. The largest absolute Gasteiger partial charge is 0.481 e. The maximum atomic E-state index is 13.4. The minimum atomic E-state index is -1.07. The van der Waals surface area contributed by atoms with Crippen molar-refractivity contribution in [3.05, 3.63) is 59.0 Å². The Morgan fingerprint density at radius 3 is 2.93 bits per heavy atom. The molecule has 1 amide bonds. The van der Waals surface area contributed by atoms with Gasteiger partial charge in [-0.2, -0.15) is 0 Å². The number of rotatable bonds is 9. The number of amides is 1. The molecule has 0 unspecified atom stereocenters. The first-order valence-electron chi connectivity index (χ1n) is 9.71. The molecule has 1 atom stereocenters. The number of anilines is 1. The van der Waals surface area contributed by atoms with Crippen LogP contribution in [0.2, 0.25) is 0 Å². The highest BCUT2D eigenvalue weighted by atomic mass is 19.1. The Morgan fingerprint density at radius 2 is 2.14 bits per heavy atom. The molecule has 7 nitrogen and oxygen atoms in total.